The van der Waals surface area contributed by atoms with E-state index in [2.05, 4.69) is 60.7 Å². The fraction of sp³-hybridized carbons (Fsp3) is 0.192. The number of benzene rings is 4. The summed E-state index contributed by atoms with van der Waals surface area (Å²) < 4.78 is 0. The number of nitrogens with two attached hydrogens (primary N) is 1. The van der Waals surface area contributed by atoms with Gasteiger partial charge in [0.05, 0.1) is 11.4 Å². The van der Waals surface area contributed by atoms with Crippen molar-refractivity contribution < 1.29 is 0 Å². The molecule has 4 aromatic rings. The third kappa shape index (κ3) is 2.40. The van der Waals surface area contributed by atoms with Crippen LogP contribution in [0.4, 0.5) is 11.4 Å². The lowest BCUT2D eigenvalue weighted by Gasteiger charge is -2.21. The van der Waals surface area contributed by atoms with Crippen LogP contribution in [0.2, 0.25) is 0 Å². The van der Waals surface area contributed by atoms with Gasteiger partial charge < -0.3 is 10.6 Å². The third-order valence-electron chi connectivity index (χ3n) is 6.65. The molecule has 3 nitrogen and oxygen atoms in total. The molecule has 0 amide bonds. The normalized spacial score (nSPS) is 14.9. The van der Waals surface area contributed by atoms with Gasteiger partial charge in [0.2, 0.25) is 5.96 Å². The highest BCUT2D eigenvalue weighted by molar-refractivity contribution is 6.07. The third-order valence-corrected chi connectivity index (χ3v) is 6.65. The minimum Gasteiger partial charge on any atom is -0.369 e. The summed E-state index contributed by atoms with van der Waals surface area (Å²) in [6.07, 6.45) is 4.38. The van der Waals surface area contributed by atoms with Crippen LogP contribution in [-0.4, -0.2) is 13.0 Å². The van der Waals surface area contributed by atoms with Gasteiger partial charge in [0.15, 0.2) is 0 Å². The summed E-state index contributed by atoms with van der Waals surface area (Å²) in [5.41, 5.74) is 14.3. The first-order chi connectivity index (χ1) is 14.2. The molecule has 0 bridgehead atoms. The second kappa shape index (κ2) is 6.08. The molecular formula is C26H23N3. The van der Waals surface area contributed by atoms with Crippen LogP contribution in [0.1, 0.15) is 22.3 Å². The van der Waals surface area contributed by atoms with E-state index in [4.69, 9.17) is 10.7 Å². The topological polar surface area (TPSA) is 41.6 Å². The molecule has 0 saturated carbocycles. The van der Waals surface area contributed by atoms with Crippen LogP contribution in [0, 0.1) is 0 Å². The van der Waals surface area contributed by atoms with Gasteiger partial charge in [-0.25, -0.2) is 4.99 Å². The van der Waals surface area contributed by atoms with Crippen LogP contribution in [0.3, 0.4) is 0 Å². The molecule has 0 spiro atoms. The lowest BCUT2D eigenvalue weighted by molar-refractivity contribution is 1.02. The summed E-state index contributed by atoms with van der Waals surface area (Å²) >= 11 is 0. The van der Waals surface area contributed by atoms with Gasteiger partial charge in [-0.1, -0.05) is 48.5 Å². The van der Waals surface area contributed by atoms with Gasteiger partial charge in [0, 0.05) is 12.4 Å². The lowest BCUT2D eigenvalue weighted by atomic mass is 10.0. The molecule has 3 heteroatoms. The molecule has 0 aliphatic heterocycles. The Morgan fingerprint density at radius 3 is 2.38 bits per heavy atom. The maximum atomic E-state index is 6.52. The van der Waals surface area contributed by atoms with Crippen molar-refractivity contribution in [2.45, 2.75) is 25.7 Å². The zero-order valence-electron chi connectivity index (χ0n) is 16.6. The van der Waals surface area contributed by atoms with Crippen molar-refractivity contribution in [1.29, 1.82) is 0 Å². The van der Waals surface area contributed by atoms with Crippen molar-refractivity contribution in [3.8, 4) is 0 Å². The Hall–Kier alpha value is -3.33. The highest BCUT2D eigenvalue weighted by Crippen LogP contribution is 2.38. The first-order valence-electron chi connectivity index (χ1n) is 10.4. The van der Waals surface area contributed by atoms with Gasteiger partial charge in [-0.15, -0.1) is 0 Å². The maximum Gasteiger partial charge on any atom is 0.200 e. The molecule has 0 atom stereocenters. The predicted molar refractivity (Wildman–Crippen MR) is 122 cm³/mol. The fourth-order valence-electron chi connectivity index (χ4n) is 5.20. The van der Waals surface area contributed by atoms with Crippen molar-refractivity contribution in [2.75, 3.05) is 11.9 Å². The highest BCUT2D eigenvalue weighted by Gasteiger charge is 2.20. The second-order valence-electron chi connectivity index (χ2n) is 8.19. The summed E-state index contributed by atoms with van der Waals surface area (Å²) in [5.74, 6) is 0.531. The number of aryl methyl sites for hydroxylation is 4. The van der Waals surface area contributed by atoms with Gasteiger partial charge in [-0.2, -0.15) is 0 Å². The largest absolute Gasteiger partial charge is 0.369 e. The molecule has 0 unspecified atom stereocenters. The number of hydrogen-bond donors (Lipinski definition) is 1. The molecule has 2 aliphatic carbocycles. The monoisotopic (exact) mass is 377 g/mol. The van der Waals surface area contributed by atoms with Crippen LogP contribution in [0.5, 0.6) is 0 Å². The van der Waals surface area contributed by atoms with Crippen LogP contribution in [0.15, 0.2) is 65.7 Å². The first-order valence-corrected chi connectivity index (χ1v) is 10.4. The van der Waals surface area contributed by atoms with Crippen LogP contribution < -0.4 is 10.6 Å². The highest BCUT2D eigenvalue weighted by atomic mass is 15.2. The standard InChI is InChI=1S/C26H23N3/c1-29(23-15-12-19-9-8-16-6-3-7-21(23)25(16)19)26(27)28-22-14-11-18-5-2-4-17-10-13-20(22)24(17)18/h2-7,11-12,14-15H,8-10,13H2,1H3,(H2,27,28). The Kier molecular flexibility index (Phi) is 3.48. The summed E-state index contributed by atoms with van der Waals surface area (Å²) in [4.78, 5) is 6.90. The predicted octanol–water partition coefficient (Wildman–Crippen LogP) is 5.27. The smallest absolute Gasteiger partial charge is 0.200 e. The molecule has 0 fully saturated rings. The van der Waals surface area contributed by atoms with Gasteiger partial charge in [-0.05, 0) is 76.2 Å². The van der Waals surface area contributed by atoms with E-state index in [1.807, 2.05) is 11.9 Å². The number of hydrogen-bond acceptors (Lipinski definition) is 1. The van der Waals surface area contributed by atoms with E-state index in [1.54, 1.807) is 0 Å². The quantitative estimate of drug-likeness (QED) is 0.382. The molecule has 0 radical (unpaired) electrons. The van der Waals surface area contributed by atoms with Gasteiger partial charge >= 0.3 is 0 Å². The van der Waals surface area contributed by atoms with Crippen LogP contribution >= 0.6 is 0 Å². The zero-order valence-corrected chi connectivity index (χ0v) is 16.6. The summed E-state index contributed by atoms with van der Waals surface area (Å²) in [6.45, 7) is 0. The molecule has 2 N–H and O–H groups in total. The molecule has 0 aromatic heterocycles. The van der Waals surface area contributed by atoms with Crippen molar-refractivity contribution in [3.05, 3.63) is 82.9 Å². The Labute approximate surface area is 170 Å². The van der Waals surface area contributed by atoms with E-state index in [0.717, 1.165) is 37.1 Å². The van der Waals surface area contributed by atoms with E-state index in [-0.39, 0.29) is 0 Å². The average Bonchev–Trinajstić information content (AvgIpc) is 3.37. The van der Waals surface area contributed by atoms with E-state index in [9.17, 15) is 0 Å². The molecule has 6 rings (SSSR count). The molecule has 2 aliphatic rings. The Balaban J connectivity index is 1.45. The molecule has 4 aromatic carbocycles. The molecule has 29 heavy (non-hydrogen) atoms. The Bertz CT molecular complexity index is 1320. The molecular weight excluding hydrogens is 354 g/mol. The zero-order chi connectivity index (χ0) is 19.5. The van der Waals surface area contributed by atoms with E-state index in [0.29, 0.717) is 5.96 Å². The lowest BCUT2D eigenvalue weighted by Crippen LogP contribution is -2.33. The summed E-state index contributed by atoms with van der Waals surface area (Å²) in [7, 11) is 2.02. The van der Waals surface area contributed by atoms with Gasteiger partial charge in [-0.3, -0.25) is 0 Å². The van der Waals surface area contributed by atoms with Crippen LogP contribution in [0.25, 0.3) is 21.5 Å². The van der Waals surface area contributed by atoms with Crippen molar-refractivity contribution in [2.24, 2.45) is 10.7 Å². The number of aliphatic imine (C=N–C) groups is 1. The van der Waals surface area contributed by atoms with E-state index in [1.165, 1.54) is 43.8 Å². The summed E-state index contributed by atoms with van der Waals surface area (Å²) in [5, 5.41) is 5.34. The second-order valence-corrected chi connectivity index (χ2v) is 8.19. The number of rotatable bonds is 2. The molecule has 0 saturated heterocycles. The SMILES string of the molecule is CN(C(N)=Nc1ccc2cccc3c2c1CC3)c1ccc2c3c(cccc13)CC2. The minimum absolute atomic E-state index is 0.531. The van der Waals surface area contributed by atoms with E-state index < -0.39 is 0 Å². The summed E-state index contributed by atoms with van der Waals surface area (Å²) in [6, 6.07) is 21.9. The van der Waals surface area contributed by atoms with E-state index >= 15 is 0 Å². The molecule has 142 valence electrons. The fourth-order valence-corrected chi connectivity index (χ4v) is 5.20. The maximum absolute atomic E-state index is 6.52. The Morgan fingerprint density at radius 2 is 1.52 bits per heavy atom. The first kappa shape index (κ1) is 16.6. The number of nitrogens with zero attached hydrogens (tertiary/aromatic N) is 2. The van der Waals surface area contributed by atoms with Gasteiger partial charge in [0.1, 0.15) is 0 Å². The Morgan fingerprint density at radius 1 is 0.793 bits per heavy atom. The average molecular weight is 377 g/mol. The number of guanidine groups is 1. The van der Waals surface area contributed by atoms with Crippen molar-refractivity contribution in [3.63, 3.8) is 0 Å². The molecule has 0 heterocycles. The minimum atomic E-state index is 0.531. The van der Waals surface area contributed by atoms with Crippen LogP contribution in [-0.2, 0) is 25.7 Å². The van der Waals surface area contributed by atoms with Crippen molar-refractivity contribution >= 4 is 38.9 Å². The van der Waals surface area contributed by atoms with Crippen molar-refractivity contribution in [1.82, 2.24) is 0 Å². The number of anilines is 1. The van der Waals surface area contributed by atoms with Gasteiger partial charge in [0.25, 0.3) is 0 Å².